The van der Waals surface area contributed by atoms with Crippen molar-refractivity contribution < 1.29 is 4.42 Å². The molecule has 1 fully saturated rings. The zero-order valence-corrected chi connectivity index (χ0v) is 10.9. The Morgan fingerprint density at radius 3 is 3.00 bits per heavy atom. The smallest absolute Gasteiger partial charge is 0.318 e. The average molecular weight is 238 g/mol. The number of anilines is 1. The standard InChI is InChI=1S/C12H22N4O/c1-4-10-7-6-8-16(10)12-15-14-11(17-12)9(3)13-5-2/h9-10,13H,4-8H2,1-3H3. The van der Waals surface area contributed by atoms with E-state index >= 15 is 0 Å². The number of rotatable bonds is 5. The van der Waals surface area contributed by atoms with Crippen molar-refractivity contribution in [3.05, 3.63) is 5.89 Å². The number of nitrogens with zero attached hydrogens (tertiary/aromatic N) is 3. The summed E-state index contributed by atoms with van der Waals surface area (Å²) in [7, 11) is 0. The molecule has 2 rings (SSSR count). The topological polar surface area (TPSA) is 54.2 Å². The summed E-state index contributed by atoms with van der Waals surface area (Å²) in [4.78, 5) is 2.25. The Morgan fingerprint density at radius 2 is 2.29 bits per heavy atom. The molecule has 0 aromatic carbocycles. The molecule has 1 N–H and O–H groups in total. The predicted molar refractivity (Wildman–Crippen MR) is 67.0 cm³/mol. The van der Waals surface area contributed by atoms with E-state index in [1.54, 1.807) is 0 Å². The quantitative estimate of drug-likeness (QED) is 0.851. The van der Waals surface area contributed by atoms with Crippen LogP contribution in [-0.2, 0) is 0 Å². The van der Waals surface area contributed by atoms with E-state index in [-0.39, 0.29) is 6.04 Å². The van der Waals surface area contributed by atoms with Crippen LogP contribution in [0.2, 0.25) is 0 Å². The first-order chi connectivity index (χ1) is 8.26. The minimum absolute atomic E-state index is 0.129. The Hall–Kier alpha value is -1.10. The van der Waals surface area contributed by atoms with Gasteiger partial charge in [-0.2, -0.15) is 0 Å². The molecule has 5 heteroatoms. The fraction of sp³-hybridized carbons (Fsp3) is 0.833. The van der Waals surface area contributed by atoms with Crippen molar-refractivity contribution >= 4 is 6.01 Å². The van der Waals surface area contributed by atoms with Crippen molar-refractivity contribution in [2.24, 2.45) is 0 Å². The van der Waals surface area contributed by atoms with Gasteiger partial charge in [0.1, 0.15) is 0 Å². The second kappa shape index (κ2) is 5.49. The Morgan fingerprint density at radius 1 is 1.47 bits per heavy atom. The lowest BCUT2D eigenvalue weighted by molar-refractivity contribution is 0.415. The molecule has 0 radical (unpaired) electrons. The third kappa shape index (κ3) is 2.60. The molecule has 1 aromatic heterocycles. The van der Waals surface area contributed by atoms with Crippen LogP contribution in [0.15, 0.2) is 4.42 Å². The fourth-order valence-electron chi connectivity index (χ4n) is 2.42. The summed E-state index contributed by atoms with van der Waals surface area (Å²) in [5.74, 6) is 0.684. The highest BCUT2D eigenvalue weighted by molar-refractivity contribution is 5.28. The van der Waals surface area contributed by atoms with Gasteiger partial charge in [-0.15, -0.1) is 5.10 Å². The van der Waals surface area contributed by atoms with Crippen molar-refractivity contribution in [3.8, 4) is 0 Å². The maximum absolute atomic E-state index is 5.76. The molecular formula is C12H22N4O. The highest BCUT2D eigenvalue weighted by Gasteiger charge is 2.27. The van der Waals surface area contributed by atoms with E-state index in [1.165, 1.54) is 12.8 Å². The number of hydrogen-bond donors (Lipinski definition) is 1. The van der Waals surface area contributed by atoms with E-state index in [1.807, 2.05) is 6.92 Å². The lowest BCUT2D eigenvalue weighted by Gasteiger charge is -2.20. The highest BCUT2D eigenvalue weighted by Crippen LogP contribution is 2.27. The molecule has 0 amide bonds. The maximum Gasteiger partial charge on any atom is 0.318 e. The van der Waals surface area contributed by atoms with Gasteiger partial charge in [-0.1, -0.05) is 18.9 Å². The van der Waals surface area contributed by atoms with Gasteiger partial charge < -0.3 is 14.6 Å². The average Bonchev–Trinajstić information content (AvgIpc) is 2.97. The number of hydrogen-bond acceptors (Lipinski definition) is 5. The lowest BCUT2D eigenvalue weighted by Crippen LogP contribution is -2.28. The van der Waals surface area contributed by atoms with Crippen molar-refractivity contribution in [1.29, 1.82) is 0 Å². The molecular weight excluding hydrogens is 216 g/mol. The largest absolute Gasteiger partial charge is 0.406 e. The third-order valence-electron chi connectivity index (χ3n) is 3.40. The normalized spacial score (nSPS) is 22.1. The Bertz CT molecular complexity index is 352. The molecule has 1 aromatic rings. The predicted octanol–water partition coefficient (Wildman–Crippen LogP) is 2.12. The van der Waals surface area contributed by atoms with Gasteiger partial charge in [0.05, 0.1) is 6.04 Å². The zero-order chi connectivity index (χ0) is 12.3. The molecule has 17 heavy (non-hydrogen) atoms. The minimum Gasteiger partial charge on any atom is -0.406 e. The van der Waals surface area contributed by atoms with E-state index in [0.717, 1.165) is 19.5 Å². The van der Waals surface area contributed by atoms with Crippen LogP contribution in [0.1, 0.15) is 52.0 Å². The molecule has 5 nitrogen and oxygen atoms in total. The van der Waals surface area contributed by atoms with Gasteiger partial charge in [0.25, 0.3) is 0 Å². The fourth-order valence-corrected chi connectivity index (χ4v) is 2.42. The SMILES string of the molecule is CCNC(C)c1nnc(N2CCCC2CC)o1. The molecule has 2 unspecified atom stereocenters. The summed E-state index contributed by atoms with van der Waals surface area (Å²) in [6.07, 6.45) is 3.59. The van der Waals surface area contributed by atoms with Gasteiger partial charge in [0.2, 0.25) is 5.89 Å². The molecule has 1 saturated heterocycles. The van der Waals surface area contributed by atoms with E-state index < -0.39 is 0 Å². The van der Waals surface area contributed by atoms with Crippen molar-refractivity contribution in [2.45, 2.75) is 52.1 Å². The second-order valence-corrected chi connectivity index (χ2v) is 4.60. The minimum atomic E-state index is 0.129. The first kappa shape index (κ1) is 12.4. The van der Waals surface area contributed by atoms with Crippen molar-refractivity contribution in [3.63, 3.8) is 0 Å². The number of nitrogens with one attached hydrogen (secondary N) is 1. The third-order valence-corrected chi connectivity index (χ3v) is 3.40. The number of aromatic nitrogens is 2. The molecule has 1 aliphatic heterocycles. The van der Waals surface area contributed by atoms with Crippen LogP contribution in [0.25, 0.3) is 0 Å². The van der Waals surface area contributed by atoms with E-state index in [4.69, 9.17) is 4.42 Å². The summed E-state index contributed by atoms with van der Waals surface area (Å²) in [5, 5.41) is 11.6. The van der Waals surface area contributed by atoms with Crippen LogP contribution in [0.5, 0.6) is 0 Å². The van der Waals surface area contributed by atoms with Crippen LogP contribution in [0.3, 0.4) is 0 Å². The summed E-state index contributed by atoms with van der Waals surface area (Å²) >= 11 is 0. The van der Waals surface area contributed by atoms with E-state index in [9.17, 15) is 0 Å². The maximum atomic E-state index is 5.76. The summed E-state index contributed by atoms with van der Waals surface area (Å²) < 4.78 is 5.76. The molecule has 2 heterocycles. The Balaban J connectivity index is 2.07. The molecule has 0 aliphatic carbocycles. The molecule has 0 spiro atoms. The Labute approximate surface area is 103 Å². The van der Waals surface area contributed by atoms with Gasteiger partial charge in [-0.05, 0) is 32.7 Å². The lowest BCUT2D eigenvalue weighted by atomic mass is 10.2. The van der Waals surface area contributed by atoms with Gasteiger partial charge in [-0.3, -0.25) is 0 Å². The van der Waals surface area contributed by atoms with Crippen LogP contribution < -0.4 is 10.2 Å². The second-order valence-electron chi connectivity index (χ2n) is 4.60. The molecule has 96 valence electrons. The molecule has 1 aliphatic rings. The molecule has 2 atom stereocenters. The van der Waals surface area contributed by atoms with Gasteiger partial charge in [-0.25, -0.2) is 0 Å². The van der Waals surface area contributed by atoms with Gasteiger partial charge in [0, 0.05) is 12.6 Å². The van der Waals surface area contributed by atoms with Crippen LogP contribution in [0.4, 0.5) is 6.01 Å². The molecule has 0 saturated carbocycles. The van der Waals surface area contributed by atoms with E-state index in [0.29, 0.717) is 17.9 Å². The van der Waals surface area contributed by atoms with Gasteiger partial charge >= 0.3 is 6.01 Å². The summed E-state index contributed by atoms with van der Waals surface area (Å²) in [6.45, 7) is 8.26. The van der Waals surface area contributed by atoms with Crippen molar-refractivity contribution in [2.75, 3.05) is 18.0 Å². The highest BCUT2D eigenvalue weighted by atomic mass is 16.4. The monoisotopic (exact) mass is 238 g/mol. The van der Waals surface area contributed by atoms with Gasteiger partial charge in [0.15, 0.2) is 0 Å². The first-order valence-electron chi connectivity index (χ1n) is 6.59. The van der Waals surface area contributed by atoms with Crippen LogP contribution in [0, 0.1) is 0 Å². The summed E-state index contributed by atoms with van der Waals surface area (Å²) in [5.41, 5.74) is 0. The van der Waals surface area contributed by atoms with Crippen LogP contribution in [-0.4, -0.2) is 29.3 Å². The van der Waals surface area contributed by atoms with Crippen LogP contribution >= 0.6 is 0 Å². The zero-order valence-electron chi connectivity index (χ0n) is 10.9. The first-order valence-corrected chi connectivity index (χ1v) is 6.59. The van der Waals surface area contributed by atoms with Crippen molar-refractivity contribution in [1.82, 2.24) is 15.5 Å². The molecule has 0 bridgehead atoms. The summed E-state index contributed by atoms with van der Waals surface area (Å²) in [6, 6.07) is 1.38. The van der Waals surface area contributed by atoms with E-state index in [2.05, 4.69) is 34.3 Å². The Kier molecular flexibility index (Phi) is 3.99.